The number of nitriles is 1. The lowest BCUT2D eigenvalue weighted by Crippen LogP contribution is -2.48. The maximum absolute atomic E-state index is 11.5. The van der Waals surface area contributed by atoms with Crippen molar-refractivity contribution >= 4 is 9.84 Å². The van der Waals surface area contributed by atoms with E-state index in [1.165, 1.54) is 0 Å². The van der Waals surface area contributed by atoms with Crippen LogP contribution >= 0.6 is 0 Å². The van der Waals surface area contributed by atoms with Gasteiger partial charge in [0.1, 0.15) is 5.54 Å². The molecule has 0 bridgehead atoms. The largest absolute Gasteiger partial charge is 0.300 e. The first-order chi connectivity index (χ1) is 9.38. The summed E-state index contributed by atoms with van der Waals surface area (Å²) < 4.78 is 23.1. The van der Waals surface area contributed by atoms with E-state index in [1.807, 2.05) is 20.8 Å². The number of hydrogen-bond donors (Lipinski definition) is 1. The highest BCUT2D eigenvalue weighted by atomic mass is 32.2. The molecule has 20 heavy (non-hydrogen) atoms. The van der Waals surface area contributed by atoms with Gasteiger partial charge in [0, 0.05) is 12.6 Å². The van der Waals surface area contributed by atoms with Crippen molar-refractivity contribution in [2.45, 2.75) is 51.6 Å². The normalized spacial score (nSPS) is 25.8. The van der Waals surface area contributed by atoms with E-state index < -0.39 is 15.4 Å². The summed E-state index contributed by atoms with van der Waals surface area (Å²) in [5.74, 6) is 0.527. The number of rotatable bonds is 7. The van der Waals surface area contributed by atoms with E-state index in [0.29, 0.717) is 6.54 Å². The Balaban J connectivity index is 2.46. The van der Waals surface area contributed by atoms with Gasteiger partial charge in [-0.3, -0.25) is 10.2 Å². The molecule has 1 aliphatic rings. The zero-order valence-corrected chi connectivity index (χ0v) is 13.7. The molecule has 2 unspecified atom stereocenters. The lowest BCUT2D eigenvalue weighted by atomic mass is 9.91. The molecular weight excluding hydrogens is 274 g/mol. The van der Waals surface area contributed by atoms with Gasteiger partial charge in [-0.25, -0.2) is 8.42 Å². The molecule has 1 fully saturated rings. The Hall–Kier alpha value is -0.640. The van der Waals surface area contributed by atoms with Crippen LogP contribution in [-0.4, -0.2) is 56.0 Å². The fourth-order valence-electron chi connectivity index (χ4n) is 2.85. The molecule has 6 heteroatoms. The Morgan fingerprint density at radius 1 is 1.45 bits per heavy atom. The minimum absolute atomic E-state index is 0.0889. The summed E-state index contributed by atoms with van der Waals surface area (Å²) in [5, 5.41) is 12.6. The van der Waals surface area contributed by atoms with Crippen LogP contribution in [0.5, 0.6) is 0 Å². The molecule has 1 aliphatic heterocycles. The molecule has 0 spiro atoms. The van der Waals surface area contributed by atoms with Crippen LogP contribution in [0.4, 0.5) is 0 Å². The highest BCUT2D eigenvalue weighted by Gasteiger charge is 2.30. The summed E-state index contributed by atoms with van der Waals surface area (Å²) >= 11 is 0. The van der Waals surface area contributed by atoms with Gasteiger partial charge in [0.2, 0.25) is 0 Å². The molecule has 1 heterocycles. The Morgan fingerprint density at radius 2 is 2.15 bits per heavy atom. The number of nitrogens with one attached hydrogen (secondary N) is 1. The molecule has 0 aromatic heterocycles. The average Bonchev–Trinajstić information content (AvgIpc) is 2.39. The smallest absolute Gasteiger partial charge is 0.153 e. The summed E-state index contributed by atoms with van der Waals surface area (Å²) in [4.78, 5) is 2.23. The summed E-state index contributed by atoms with van der Waals surface area (Å²) in [7, 11) is -2.84. The summed E-state index contributed by atoms with van der Waals surface area (Å²) in [6, 6.07) is 2.49. The van der Waals surface area contributed by atoms with Crippen molar-refractivity contribution in [3.8, 4) is 6.07 Å². The molecule has 1 N–H and O–H groups in total. The van der Waals surface area contributed by atoms with Crippen LogP contribution < -0.4 is 5.32 Å². The van der Waals surface area contributed by atoms with Crippen LogP contribution in [0.3, 0.4) is 0 Å². The van der Waals surface area contributed by atoms with Gasteiger partial charge in [0.15, 0.2) is 9.84 Å². The minimum atomic E-state index is -2.84. The standard InChI is InChI=1S/C14H27N3O2S/c1-4-14(12-15,16-5-2)7-6-8-17-9-10-20(18,19)11-13(17)3/h13,16H,4-11H2,1-3H3. The van der Waals surface area contributed by atoms with Crippen molar-refractivity contribution in [2.75, 3.05) is 31.1 Å². The van der Waals surface area contributed by atoms with Crippen LogP contribution in [-0.2, 0) is 9.84 Å². The van der Waals surface area contributed by atoms with E-state index in [1.54, 1.807) is 0 Å². The predicted octanol–water partition coefficient (Wildman–Crippen LogP) is 1.17. The highest BCUT2D eigenvalue weighted by molar-refractivity contribution is 7.91. The summed E-state index contributed by atoms with van der Waals surface area (Å²) in [6.45, 7) is 8.29. The minimum Gasteiger partial charge on any atom is -0.300 e. The fourth-order valence-corrected chi connectivity index (χ4v) is 4.48. The van der Waals surface area contributed by atoms with E-state index in [-0.39, 0.29) is 17.5 Å². The van der Waals surface area contributed by atoms with E-state index in [2.05, 4.69) is 16.3 Å². The van der Waals surface area contributed by atoms with Crippen molar-refractivity contribution in [2.24, 2.45) is 0 Å². The number of nitrogens with zero attached hydrogens (tertiary/aromatic N) is 2. The molecular formula is C14H27N3O2S. The molecule has 0 aromatic carbocycles. The maximum Gasteiger partial charge on any atom is 0.153 e. The van der Waals surface area contributed by atoms with Gasteiger partial charge in [-0.2, -0.15) is 5.26 Å². The second kappa shape index (κ2) is 7.39. The highest BCUT2D eigenvalue weighted by Crippen LogP contribution is 2.18. The second-order valence-corrected chi connectivity index (χ2v) is 7.91. The number of sulfone groups is 1. The van der Waals surface area contributed by atoms with Gasteiger partial charge in [-0.1, -0.05) is 13.8 Å². The molecule has 5 nitrogen and oxygen atoms in total. The first kappa shape index (κ1) is 17.4. The van der Waals surface area contributed by atoms with E-state index in [4.69, 9.17) is 0 Å². The van der Waals surface area contributed by atoms with Crippen molar-refractivity contribution in [1.29, 1.82) is 5.26 Å². The van der Waals surface area contributed by atoms with Crippen LogP contribution in [0.2, 0.25) is 0 Å². The van der Waals surface area contributed by atoms with Crippen LogP contribution in [0, 0.1) is 11.3 Å². The monoisotopic (exact) mass is 301 g/mol. The first-order valence-electron chi connectivity index (χ1n) is 7.49. The van der Waals surface area contributed by atoms with Gasteiger partial charge in [-0.15, -0.1) is 0 Å². The zero-order chi connectivity index (χ0) is 15.2. The van der Waals surface area contributed by atoms with Crippen molar-refractivity contribution in [1.82, 2.24) is 10.2 Å². The van der Waals surface area contributed by atoms with Gasteiger partial charge < -0.3 is 0 Å². The molecule has 1 rings (SSSR count). The SMILES string of the molecule is CCNC(C#N)(CC)CCCN1CCS(=O)(=O)CC1C. The topological polar surface area (TPSA) is 73.2 Å². The van der Waals surface area contributed by atoms with Gasteiger partial charge in [0.05, 0.1) is 17.6 Å². The second-order valence-electron chi connectivity index (χ2n) is 5.68. The van der Waals surface area contributed by atoms with Crippen molar-refractivity contribution in [3.63, 3.8) is 0 Å². The first-order valence-corrected chi connectivity index (χ1v) is 9.31. The molecule has 1 saturated heterocycles. The molecule has 0 amide bonds. The molecule has 0 radical (unpaired) electrons. The van der Waals surface area contributed by atoms with Gasteiger partial charge in [0.25, 0.3) is 0 Å². The third-order valence-electron chi connectivity index (χ3n) is 4.19. The van der Waals surface area contributed by atoms with Gasteiger partial charge >= 0.3 is 0 Å². The van der Waals surface area contributed by atoms with Crippen molar-refractivity contribution in [3.05, 3.63) is 0 Å². The summed E-state index contributed by atoms with van der Waals surface area (Å²) in [6.07, 6.45) is 2.52. The van der Waals surface area contributed by atoms with E-state index in [9.17, 15) is 13.7 Å². The average molecular weight is 301 g/mol. The summed E-state index contributed by atoms with van der Waals surface area (Å²) in [5.41, 5.74) is -0.431. The van der Waals surface area contributed by atoms with Gasteiger partial charge in [-0.05, 0) is 39.3 Å². The third kappa shape index (κ3) is 4.72. The number of hydrogen-bond acceptors (Lipinski definition) is 5. The lowest BCUT2D eigenvalue weighted by molar-refractivity contribution is 0.213. The lowest BCUT2D eigenvalue weighted by Gasteiger charge is -2.34. The molecule has 0 aliphatic carbocycles. The Morgan fingerprint density at radius 3 is 2.65 bits per heavy atom. The van der Waals surface area contributed by atoms with Crippen LogP contribution in [0.25, 0.3) is 0 Å². The Kier molecular flexibility index (Phi) is 6.44. The van der Waals surface area contributed by atoms with Crippen LogP contribution in [0.1, 0.15) is 40.0 Å². The van der Waals surface area contributed by atoms with E-state index in [0.717, 1.165) is 32.4 Å². The van der Waals surface area contributed by atoms with Crippen LogP contribution in [0.15, 0.2) is 0 Å². The third-order valence-corrected chi connectivity index (χ3v) is 5.98. The molecule has 2 atom stereocenters. The Labute approximate surface area is 123 Å². The Bertz CT molecular complexity index is 444. The van der Waals surface area contributed by atoms with Crippen molar-refractivity contribution < 1.29 is 8.42 Å². The zero-order valence-electron chi connectivity index (χ0n) is 12.9. The molecule has 0 saturated carbocycles. The predicted molar refractivity (Wildman–Crippen MR) is 81.2 cm³/mol. The molecule has 116 valence electrons. The maximum atomic E-state index is 11.5. The molecule has 0 aromatic rings. The van der Waals surface area contributed by atoms with E-state index >= 15 is 0 Å². The quantitative estimate of drug-likeness (QED) is 0.764. The fraction of sp³-hybridized carbons (Fsp3) is 0.929.